The monoisotopic (exact) mass is 306 g/mol. The molecule has 3 nitrogen and oxygen atoms in total. The number of nitrogens with zero attached hydrogens (tertiary/aromatic N) is 2. The van der Waals surface area contributed by atoms with E-state index < -0.39 is 5.82 Å². The van der Waals surface area contributed by atoms with Gasteiger partial charge in [0.05, 0.1) is 10.0 Å². The van der Waals surface area contributed by atoms with Crippen molar-refractivity contribution < 1.29 is 9.13 Å². The van der Waals surface area contributed by atoms with Crippen LogP contribution < -0.4 is 4.74 Å². The zero-order valence-corrected chi connectivity index (χ0v) is 11.0. The molecule has 2 aromatic rings. The maximum absolute atomic E-state index is 13.4. The van der Waals surface area contributed by atoms with E-state index in [9.17, 15) is 4.39 Å². The van der Waals surface area contributed by atoms with Crippen LogP contribution in [-0.4, -0.2) is 4.98 Å². The van der Waals surface area contributed by atoms with E-state index in [1.807, 2.05) is 13.0 Å². The molecule has 1 aromatic carbocycles. The Labute approximate surface area is 112 Å². The molecule has 0 aliphatic carbocycles. The lowest BCUT2D eigenvalue weighted by Crippen LogP contribution is -1.92. The van der Waals surface area contributed by atoms with Crippen LogP contribution in [0.4, 0.5) is 4.39 Å². The fourth-order valence-electron chi connectivity index (χ4n) is 1.35. The molecule has 0 N–H and O–H groups in total. The second-order valence-electron chi connectivity index (χ2n) is 3.60. The van der Waals surface area contributed by atoms with Gasteiger partial charge in [-0.3, -0.25) is 0 Å². The van der Waals surface area contributed by atoms with Gasteiger partial charge in [0.15, 0.2) is 0 Å². The highest BCUT2D eigenvalue weighted by Gasteiger charge is 2.08. The molecular formula is C13H8BrFN2O. The lowest BCUT2D eigenvalue weighted by molar-refractivity contribution is 0.454. The average molecular weight is 307 g/mol. The van der Waals surface area contributed by atoms with Gasteiger partial charge >= 0.3 is 0 Å². The van der Waals surface area contributed by atoms with Gasteiger partial charge in [-0.1, -0.05) is 0 Å². The molecule has 0 amide bonds. The number of hydrogen-bond donors (Lipinski definition) is 0. The normalized spacial score (nSPS) is 9.89. The van der Waals surface area contributed by atoms with E-state index in [1.54, 1.807) is 12.3 Å². The van der Waals surface area contributed by atoms with Crippen LogP contribution in [0.15, 0.2) is 34.9 Å². The van der Waals surface area contributed by atoms with Gasteiger partial charge in [0.25, 0.3) is 0 Å². The number of hydrogen-bond acceptors (Lipinski definition) is 3. The number of aromatic nitrogens is 1. The van der Waals surface area contributed by atoms with E-state index >= 15 is 0 Å². The third-order valence-electron chi connectivity index (χ3n) is 2.33. The molecule has 0 aliphatic heterocycles. The minimum absolute atomic E-state index is 0.0152. The molecule has 0 aliphatic rings. The van der Waals surface area contributed by atoms with Gasteiger partial charge < -0.3 is 4.74 Å². The van der Waals surface area contributed by atoms with Crippen molar-refractivity contribution >= 4 is 15.9 Å². The van der Waals surface area contributed by atoms with Crippen LogP contribution in [0.25, 0.3) is 0 Å². The summed E-state index contributed by atoms with van der Waals surface area (Å²) in [6, 6.07) is 7.64. The van der Waals surface area contributed by atoms with Gasteiger partial charge in [-0.2, -0.15) is 5.26 Å². The average Bonchev–Trinajstić information content (AvgIpc) is 2.35. The number of pyridine rings is 1. The van der Waals surface area contributed by atoms with Crippen molar-refractivity contribution in [2.24, 2.45) is 0 Å². The maximum atomic E-state index is 13.4. The molecule has 0 bridgehead atoms. The van der Waals surface area contributed by atoms with Crippen molar-refractivity contribution in [3.05, 3.63) is 51.9 Å². The number of ether oxygens (including phenoxy) is 1. The minimum Gasteiger partial charge on any atom is -0.438 e. The van der Waals surface area contributed by atoms with Crippen molar-refractivity contribution in [1.29, 1.82) is 5.26 Å². The highest BCUT2D eigenvalue weighted by atomic mass is 79.9. The van der Waals surface area contributed by atoms with E-state index in [0.717, 1.165) is 16.1 Å². The van der Waals surface area contributed by atoms with Gasteiger partial charge in [0, 0.05) is 12.3 Å². The van der Waals surface area contributed by atoms with E-state index in [1.165, 1.54) is 12.1 Å². The predicted molar refractivity (Wildman–Crippen MR) is 67.9 cm³/mol. The molecule has 0 unspecified atom stereocenters. The summed E-state index contributed by atoms with van der Waals surface area (Å²) >= 11 is 3.35. The van der Waals surface area contributed by atoms with Gasteiger partial charge in [0.2, 0.25) is 5.88 Å². The van der Waals surface area contributed by atoms with Gasteiger partial charge in [-0.05, 0) is 46.6 Å². The third-order valence-corrected chi connectivity index (χ3v) is 3.29. The summed E-state index contributed by atoms with van der Waals surface area (Å²) in [7, 11) is 0. The molecule has 1 heterocycles. The van der Waals surface area contributed by atoms with Crippen molar-refractivity contribution in [1.82, 2.24) is 4.98 Å². The Morgan fingerprint density at radius 2 is 2.17 bits per heavy atom. The molecule has 0 spiro atoms. The van der Waals surface area contributed by atoms with Gasteiger partial charge in [-0.15, -0.1) is 0 Å². The lowest BCUT2D eigenvalue weighted by Gasteiger charge is -2.08. The first-order chi connectivity index (χ1) is 8.61. The molecule has 5 heteroatoms. The Morgan fingerprint density at radius 1 is 1.39 bits per heavy atom. The third kappa shape index (κ3) is 2.49. The zero-order chi connectivity index (χ0) is 13.1. The van der Waals surface area contributed by atoms with Crippen LogP contribution in [-0.2, 0) is 0 Å². The van der Waals surface area contributed by atoms with Crippen LogP contribution >= 0.6 is 15.9 Å². The molecule has 18 heavy (non-hydrogen) atoms. The standard InChI is InChI=1S/C13H8BrFN2O/c1-8-4-5-17-13(12(8)14)18-10-3-2-9(7-16)11(15)6-10/h2-6H,1H3. The largest absolute Gasteiger partial charge is 0.438 e. The predicted octanol–water partition coefficient (Wildman–Crippen LogP) is 3.96. The van der Waals surface area contributed by atoms with Crippen LogP contribution in [0, 0.1) is 24.1 Å². The number of nitriles is 1. The summed E-state index contributed by atoms with van der Waals surface area (Å²) in [6.07, 6.45) is 1.61. The van der Waals surface area contributed by atoms with Crippen LogP contribution in [0.3, 0.4) is 0 Å². The number of benzene rings is 1. The van der Waals surface area contributed by atoms with Crippen molar-refractivity contribution in [2.75, 3.05) is 0 Å². The van der Waals surface area contributed by atoms with E-state index in [0.29, 0.717) is 11.6 Å². The second-order valence-corrected chi connectivity index (χ2v) is 4.40. The number of aryl methyl sites for hydroxylation is 1. The molecule has 2 rings (SSSR count). The molecule has 1 aromatic heterocycles. The fraction of sp³-hybridized carbons (Fsp3) is 0.0769. The first-order valence-corrected chi connectivity index (χ1v) is 5.89. The van der Waals surface area contributed by atoms with Crippen LogP contribution in [0.5, 0.6) is 11.6 Å². The topological polar surface area (TPSA) is 45.9 Å². The minimum atomic E-state index is -0.612. The van der Waals surface area contributed by atoms with Gasteiger partial charge in [0.1, 0.15) is 17.6 Å². The summed E-state index contributed by atoms with van der Waals surface area (Å²) in [5.41, 5.74) is 0.952. The summed E-state index contributed by atoms with van der Waals surface area (Å²) in [5, 5.41) is 8.63. The molecular weight excluding hydrogens is 299 g/mol. The summed E-state index contributed by atoms with van der Waals surface area (Å²) in [6.45, 7) is 1.90. The lowest BCUT2D eigenvalue weighted by atomic mass is 10.2. The molecule has 0 saturated carbocycles. The summed E-state index contributed by atoms with van der Waals surface area (Å²) in [5.74, 6) is 0.0446. The second kappa shape index (κ2) is 5.15. The highest BCUT2D eigenvalue weighted by Crippen LogP contribution is 2.30. The first-order valence-electron chi connectivity index (χ1n) is 5.10. The van der Waals surface area contributed by atoms with Crippen LogP contribution in [0.1, 0.15) is 11.1 Å². The van der Waals surface area contributed by atoms with Gasteiger partial charge in [-0.25, -0.2) is 9.37 Å². The Balaban J connectivity index is 2.32. The number of halogens is 2. The van der Waals surface area contributed by atoms with Crippen molar-refractivity contribution in [3.8, 4) is 17.7 Å². The van der Waals surface area contributed by atoms with E-state index in [-0.39, 0.29) is 5.56 Å². The SMILES string of the molecule is Cc1ccnc(Oc2ccc(C#N)c(F)c2)c1Br. The fourth-order valence-corrected chi connectivity index (χ4v) is 1.66. The Hall–Kier alpha value is -1.93. The first kappa shape index (κ1) is 12.5. The Kier molecular flexibility index (Phi) is 3.58. The van der Waals surface area contributed by atoms with Crippen molar-refractivity contribution in [3.63, 3.8) is 0 Å². The quantitative estimate of drug-likeness (QED) is 0.843. The molecule has 0 saturated heterocycles. The zero-order valence-electron chi connectivity index (χ0n) is 9.45. The summed E-state index contributed by atoms with van der Waals surface area (Å²) < 4.78 is 19.6. The Morgan fingerprint density at radius 3 is 2.83 bits per heavy atom. The smallest absolute Gasteiger partial charge is 0.233 e. The molecule has 0 fully saturated rings. The molecule has 0 atom stereocenters. The highest BCUT2D eigenvalue weighted by molar-refractivity contribution is 9.10. The summed E-state index contributed by atoms with van der Waals surface area (Å²) in [4.78, 5) is 4.05. The molecule has 0 radical (unpaired) electrons. The maximum Gasteiger partial charge on any atom is 0.233 e. The van der Waals surface area contributed by atoms with Crippen LogP contribution in [0.2, 0.25) is 0 Å². The van der Waals surface area contributed by atoms with E-state index in [4.69, 9.17) is 10.00 Å². The Bertz CT molecular complexity index is 637. The molecule has 90 valence electrons. The number of rotatable bonds is 2. The van der Waals surface area contributed by atoms with E-state index in [2.05, 4.69) is 20.9 Å². The van der Waals surface area contributed by atoms with Crippen molar-refractivity contribution in [2.45, 2.75) is 6.92 Å².